The molecule has 1 unspecified atom stereocenters. The Balaban J connectivity index is 2.41. The van der Waals surface area contributed by atoms with E-state index in [0.717, 1.165) is 29.4 Å². The topological polar surface area (TPSA) is 36.1 Å². The number of nitrogens with zero attached hydrogens (tertiary/aromatic N) is 1. The van der Waals surface area contributed by atoms with Crippen molar-refractivity contribution in [1.29, 1.82) is 0 Å². The molecule has 0 spiro atoms. The van der Waals surface area contributed by atoms with Gasteiger partial charge in [-0.2, -0.15) is 0 Å². The fourth-order valence-electron chi connectivity index (χ4n) is 2.64. The molecule has 2 rings (SSSR count). The van der Waals surface area contributed by atoms with Crippen LogP contribution in [0.25, 0.3) is 10.9 Å². The highest BCUT2D eigenvalue weighted by Crippen LogP contribution is 2.23. The van der Waals surface area contributed by atoms with E-state index in [-0.39, 0.29) is 11.9 Å². The van der Waals surface area contributed by atoms with Gasteiger partial charge < -0.3 is 9.88 Å². The van der Waals surface area contributed by atoms with Crippen molar-refractivity contribution in [2.24, 2.45) is 0 Å². The predicted molar refractivity (Wildman–Crippen MR) is 84.2 cm³/mol. The van der Waals surface area contributed by atoms with Crippen LogP contribution in [0, 0.1) is 13.8 Å². The summed E-state index contributed by atoms with van der Waals surface area (Å²) in [6, 6.07) is 6.22. The summed E-state index contributed by atoms with van der Waals surface area (Å²) in [5.41, 5.74) is 4.27. The van der Waals surface area contributed by atoms with Crippen LogP contribution >= 0.6 is 0 Å². The van der Waals surface area contributed by atoms with Crippen molar-refractivity contribution >= 4 is 16.8 Å². The number of rotatable bonds is 4. The van der Waals surface area contributed by atoms with Gasteiger partial charge >= 0.3 is 0 Å². The molecule has 20 heavy (non-hydrogen) atoms. The van der Waals surface area contributed by atoms with Gasteiger partial charge in [-0.25, -0.2) is 0 Å². The molecular weight excluding hydrogens is 248 g/mol. The van der Waals surface area contributed by atoms with Gasteiger partial charge in [-0.05, 0) is 57.9 Å². The van der Waals surface area contributed by atoms with E-state index in [1.807, 2.05) is 30.0 Å². The fraction of sp³-hybridized carbons (Fsp3) is 0.471. The zero-order chi connectivity index (χ0) is 14.9. The molecule has 0 bridgehead atoms. The number of benzene rings is 1. The van der Waals surface area contributed by atoms with Crippen LogP contribution in [-0.4, -0.2) is 28.4 Å². The van der Waals surface area contributed by atoms with Crippen LogP contribution in [0.15, 0.2) is 18.2 Å². The summed E-state index contributed by atoms with van der Waals surface area (Å²) in [6.45, 7) is 11.2. The Morgan fingerprint density at radius 1 is 1.30 bits per heavy atom. The molecule has 1 N–H and O–H groups in total. The molecule has 1 amide bonds. The van der Waals surface area contributed by atoms with Crippen LogP contribution in [0.3, 0.4) is 0 Å². The molecular formula is C17H24N2O. The highest BCUT2D eigenvalue weighted by atomic mass is 16.2. The van der Waals surface area contributed by atoms with Crippen molar-refractivity contribution in [2.45, 2.75) is 47.1 Å². The van der Waals surface area contributed by atoms with Gasteiger partial charge in [0.2, 0.25) is 0 Å². The number of amides is 1. The third-order valence-electron chi connectivity index (χ3n) is 4.28. The Bertz CT molecular complexity index is 627. The van der Waals surface area contributed by atoms with Crippen molar-refractivity contribution in [3.8, 4) is 0 Å². The van der Waals surface area contributed by atoms with E-state index in [1.165, 1.54) is 11.3 Å². The van der Waals surface area contributed by atoms with Gasteiger partial charge in [0.25, 0.3) is 5.91 Å². The van der Waals surface area contributed by atoms with Crippen molar-refractivity contribution in [3.63, 3.8) is 0 Å². The Kier molecular flexibility index (Phi) is 4.17. The number of aromatic nitrogens is 1. The molecule has 0 saturated heterocycles. The third kappa shape index (κ3) is 2.45. The zero-order valence-electron chi connectivity index (χ0n) is 13.1. The van der Waals surface area contributed by atoms with Gasteiger partial charge in [-0.15, -0.1) is 0 Å². The lowest BCUT2D eigenvalue weighted by molar-refractivity contribution is 0.0700. The molecule has 0 fully saturated rings. The zero-order valence-corrected chi connectivity index (χ0v) is 13.1. The number of hydrogen-bond acceptors (Lipinski definition) is 1. The largest absolute Gasteiger partial charge is 0.358 e. The monoisotopic (exact) mass is 272 g/mol. The number of fused-ring (bicyclic) bond motifs is 1. The van der Waals surface area contributed by atoms with Crippen molar-refractivity contribution in [2.75, 3.05) is 6.54 Å². The predicted octanol–water partition coefficient (Wildman–Crippen LogP) is 4.05. The quantitative estimate of drug-likeness (QED) is 0.895. The Hall–Kier alpha value is -1.77. The number of aromatic amines is 1. The van der Waals surface area contributed by atoms with Crippen LogP contribution in [-0.2, 0) is 0 Å². The summed E-state index contributed by atoms with van der Waals surface area (Å²) in [7, 11) is 0. The van der Waals surface area contributed by atoms with E-state index >= 15 is 0 Å². The second-order valence-electron chi connectivity index (χ2n) is 5.48. The summed E-state index contributed by atoms with van der Waals surface area (Å²) in [5, 5.41) is 1.15. The lowest BCUT2D eigenvalue weighted by Gasteiger charge is -2.27. The summed E-state index contributed by atoms with van der Waals surface area (Å²) in [6.07, 6.45) is 0.976. The Morgan fingerprint density at radius 3 is 2.60 bits per heavy atom. The van der Waals surface area contributed by atoms with Crippen molar-refractivity contribution in [1.82, 2.24) is 9.88 Å². The van der Waals surface area contributed by atoms with Crippen LogP contribution in [0.2, 0.25) is 0 Å². The van der Waals surface area contributed by atoms with Crippen LogP contribution < -0.4 is 0 Å². The molecule has 0 aliphatic carbocycles. The van der Waals surface area contributed by atoms with Gasteiger partial charge in [0.05, 0.1) is 0 Å². The first-order valence-electron chi connectivity index (χ1n) is 7.39. The lowest BCUT2D eigenvalue weighted by atomic mass is 10.1. The van der Waals surface area contributed by atoms with E-state index in [1.54, 1.807) is 0 Å². The van der Waals surface area contributed by atoms with Crippen molar-refractivity contribution in [3.05, 3.63) is 35.0 Å². The smallest absolute Gasteiger partial charge is 0.254 e. The van der Waals surface area contributed by atoms with Crippen LogP contribution in [0.5, 0.6) is 0 Å². The highest BCUT2D eigenvalue weighted by Gasteiger charge is 2.19. The van der Waals surface area contributed by atoms with E-state index in [2.05, 4.69) is 32.7 Å². The van der Waals surface area contributed by atoms with Crippen molar-refractivity contribution < 1.29 is 4.79 Å². The molecule has 1 aromatic carbocycles. The number of carbonyl (C=O) groups excluding carboxylic acids is 1. The van der Waals surface area contributed by atoms with Gasteiger partial charge in [0.15, 0.2) is 0 Å². The normalized spacial score (nSPS) is 12.7. The number of nitrogens with one attached hydrogen (secondary N) is 1. The molecule has 0 radical (unpaired) electrons. The van der Waals surface area contributed by atoms with Crippen LogP contribution in [0.1, 0.15) is 48.8 Å². The first kappa shape index (κ1) is 14.6. The molecule has 1 aromatic heterocycles. The summed E-state index contributed by atoms with van der Waals surface area (Å²) < 4.78 is 0. The maximum absolute atomic E-state index is 12.7. The number of aryl methyl sites for hydroxylation is 2. The van der Waals surface area contributed by atoms with E-state index < -0.39 is 0 Å². The molecule has 0 aliphatic rings. The fourth-order valence-corrected chi connectivity index (χ4v) is 2.64. The summed E-state index contributed by atoms with van der Waals surface area (Å²) in [4.78, 5) is 17.9. The number of carbonyl (C=O) groups is 1. The molecule has 0 aliphatic heterocycles. The molecule has 3 heteroatoms. The first-order chi connectivity index (χ1) is 9.49. The maximum atomic E-state index is 12.7. The minimum atomic E-state index is 0.127. The molecule has 108 valence electrons. The molecule has 0 saturated carbocycles. The highest BCUT2D eigenvalue weighted by molar-refractivity contribution is 5.99. The molecule has 1 heterocycles. The third-order valence-corrected chi connectivity index (χ3v) is 4.28. The Labute approximate surface area is 121 Å². The SMILES string of the molecule is CCC(C)N(CC)C(=O)c1ccc2[nH]c(C)c(C)c2c1. The molecule has 3 nitrogen and oxygen atoms in total. The van der Waals surface area contributed by atoms with E-state index in [4.69, 9.17) is 0 Å². The summed E-state index contributed by atoms with van der Waals surface area (Å²) in [5.74, 6) is 0.127. The van der Waals surface area contributed by atoms with E-state index in [0.29, 0.717) is 0 Å². The minimum absolute atomic E-state index is 0.127. The van der Waals surface area contributed by atoms with Gasteiger partial charge in [-0.1, -0.05) is 6.92 Å². The number of hydrogen-bond donors (Lipinski definition) is 1. The second kappa shape index (κ2) is 5.70. The standard InChI is InChI=1S/C17H24N2O/c1-6-11(3)19(7-2)17(20)14-8-9-16-15(10-14)12(4)13(5)18-16/h8-11,18H,6-7H2,1-5H3. The van der Waals surface area contributed by atoms with E-state index in [9.17, 15) is 4.79 Å². The maximum Gasteiger partial charge on any atom is 0.254 e. The lowest BCUT2D eigenvalue weighted by Crippen LogP contribution is -2.38. The van der Waals surface area contributed by atoms with Gasteiger partial charge in [0.1, 0.15) is 0 Å². The average molecular weight is 272 g/mol. The van der Waals surface area contributed by atoms with Gasteiger partial charge in [0, 0.05) is 34.7 Å². The first-order valence-corrected chi connectivity index (χ1v) is 7.39. The average Bonchev–Trinajstić information content (AvgIpc) is 2.74. The van der Waals surface area contributed by atoms with Gasteiger partial charge in [-0.3, -0.25) is 4.79 Å². The molecule has 1 atom stereocenters. The van der Waals surface area contributed by atoms with Crippen LogP contribution in [0.4, 0.5) is 0 Å². The minimum Gasteiger partial charge on any atom is -0.358 e. The number of H-pyrrole nitrogens is 1. The Morgan fingerprint density at radius 2 is 2.00 bits per heavy atom. The summed E-state index contributed by atoms with van der Waals surface area (Å²) >= 11 is 0. The molecule has 2 aromatic rings. The second-order valence-corrected chi connectivity index (χ2v) is 5.48.